The van der Waals surface area contributed by atoms with Crippen LogP contribution in [0.25, 0.3) is 0 Å². The van der Waals surface area contributed by atoms with E-state index in [1.54, 1.807) is 0 Å². The highest BCUT2D eigenvalue weighted by atomic mass is 79.9. The Bertz CT molecular complexity index is 846. The Labute approximate surface area is 140 Å². The fraction of sp³-hybridized carbons (Fsp3) is 0.231. The lowest BCUT2D eigenvalue weighted by atomic mass is 10.3. The minimum absolute atomic E-state index is 0.0135. The smallest absolute Gasteiger partial charge is 0.243 e. The number of hydrogen-bond acceptors (Lipinski definition) is 6. The summed E-state index contributed by atoms with van der Waals surface area (Å²) in [5, 5.41) is 5.78. The predicted molar refractivity (Wildman–Crippen MR) is 87.7 cm³/mol. The number of sulfonamides is 1. The molecule has 23 heavy (non-hydrogen) atoms. The van der Waals surface area contributed by atoms with Crippen LogP contribution in [0.3, 0.4) is 0 Å². The molecule has 122 valence electrons. The Morgan fingerprint density at radius 1 is 1.26 bits per heavy atom. The number of benzene rings is 1. The fourth-order valence-electron chi connectivity index (χ4n) is 2.07. The Balaban J connectivity index is 2.09. The highest BCUT2D eigenvalue weighted by Crippen LogP contribution is 2.26. The van der Waals surface area contributed by atoms with Crippen LogP contribution in [-0.2, 0) is 10.0 Å². The van der Waals surface area contributed by atoms with E-state index >= 15 is 0 Å². The van der Waals surface area contributed by atoms with Gasteiger partial charge >= 0.3 is 0 Å². The summed E-state index contributed by atoms with van der Waals surface area (Å²) in [5.74, 6) is -0.169. The summed E-state index contributed by atoms with van der Waals surface area (Å²) in [6.07, 6.45) is 2.05. The molecule has 1 aliphatic heterocycles. The van der Waals surface area contributed by atoms with Crippen LogP contribution >= 0.6 is 15.9 Å². The van der Waals surface area contributed by atoms with E-state index in [9.17, 15) is 12.8 Å². The molecule has 4 bridgehead atoms. The molecule has 3 N–H and O–H groups in total. The van der Waals surface area contributed by atoms with E-state index in [1.165, 1.54) is 24.4 Å². The van der Waals surface area contributed by atoms with Gasteiger partial charge in [0, 0.05) is 19.3 Å². The topological polar surface area (TPSA) is 96.0 Å². The molecule has 7 nitrogen and oxygen atoms in total. The van der Waals surface area contributed by atoms with E-state index in [4.69, 9.17) is 0 Å². The summed E-state index contributed by atoms with van der Waals surface area (Å²) in [6, 6.07) is 4.10. The minimum Gasteiger partial charge on any atom is -0.369 e. The van der Waals surface area contributed by atoms with Crippen molar-refractivity contribution in [1.82, 2.24) is 14.7 Å². The Morgan fingerprint density at radius 2 is 2.09 bits per heavy atom. The number of fused-ring (bicyclic) bond motifs is 4. The van der Waals surface area contributed by atoms with Crippen LogP contribution < -0.4 is 15.4 Å². The van der Waals surface area contributed by atoms with Crippen molar-refractivity contribution in [3.63, 3.8) is 0 Å². The lowest BCUT2D eigenvalue weighted by Crippen LogP contribution is -2.27. The molecule has 1 aromatic heterocycles. The lowest BCUT2D eigenvalue weighted by Gasteiger charge is -2.11. The Hall–Kier alpha value is -1.78. The van der Waals surface area contributed by atoms with Gasteiger partial charge in [0.25, 0.3) is 0 Å². The molecule has 10 heteroatoms. The van der Waals surface area contributed by atoms with Crippen LogP contribution in [0.1, 0.15) is 6.42 Å². The molecule has 0 fully saturated rings. The average Bonchev–Trinajstić information content (AvgIpc) is 2.51. The minimum atomic E-state index is -3.92. The van der Waals surface area contributed by atoms with Crippen molar-refractivity contribution in [2.24, 2.45) is 0 Å². The van der Waals surface area contributed by atoms with E-state index in [1.807, 2.05) is 0 Å². The second kappa shape index (κ2) is 6.38. The molecule has 2 aromatic rings. The first kappa shape index (κ1) is 16.1. The SMILES string of the molecule is O=S1(=O)NCCCNc2nc(ncc2Br)Nc2cccc1c2F. The molecule has 3 rings (SSSR count). The van der Waals surface area contributed by atoms with Crippen molar-refractivity contribution in [3.05, 3.63) is 34.7 Å². The molecule has 0 atom stereocenters. The van der Waals surface area contributed by atoms with Crippen LogP contribution in [0.15, 0.2) is 33.8 Å². The molecule has 1 aliphatic rings. The van der Waals surface area contributed by atoms with Gasteiger partial charge in [-0.05, 0) is 34.5 Å². The van der Waals surface area contributed by atoms with E-state index in [2.05, 4.69) is 41.3 Å². The standard InChI is InChI=1S/C13H13BrFN5O2S/c14-8-7-17-13-19-9-3-1-4-10(11(9)15)23(21,22)18-6-2-5-16-12(8)20-13/h1,3-4,7,18H,2,5-6H2,(H2,16,17,19,20). The number of halogens is 2. The average molecular weight is 402 g/mol. The number of aromatic nitrogens is 2. The van der Waals surface area contributed by atoms with Crippen molar-refractivity contribution < 1.29 is 12.8 Å². The number of rotatable bonds is 0. The van der Waals surface area contributed by atoms with Gasteiger partial charge in [-0.1, -0.05) is 6.07 Å². The Kier molecular flexibility index (Phi) is 4.46. The first-order valence-electron chi connectivity index (χ1n) is 6.79. The first-order chi connectivity index (χ1) is 11.0. The molecular formula is C13H13BrFN5O2S. The van der Waals surface area contributed by atoms with E-state index in [0.29, 0.717) is 23.3 Å². The fourth-order valence-corrected chi connectivity index (χ4v) is 3.57. The molecule has 1 aromatic carbocycles. The number of nitrogens with zero attached hydrogens (tertiary/aromatic N) is 2. The highest BCUT2D eigenvalue weighted by Gasteiger charge is 2.21. The zero-order chi connectivity index (χ0) is 16.4. The van der Waals surface area contributed by atoms with Crippen LogP contribution in [0.2, 0.25) is 0 Å². The van der Waals surface area contributed by atoms with Gasteiger partial charge in [-0.2, -0.15) is 4.98 Å². The third kappa shape index (κ3) is 3.43. The zero-order valence-corrected chi connectivity index (χ0v) is 14.2. The lowest BCUT2D eigenvalue weighted by molar-refractivity contribution is 0.558. The second-order valence-corrected chi connectivity index (χ2v) is 7.40. The Morgan fingerprint density at radius 3 is 2.91 bits per heavy atom. The van der Waals surface area contributed by atoms with Crippen molar-refractivity contribution in [3.8, 4) is 0 Å². The van der Waals surface area contributed by atoms with Crippen LogP contribution in [0, 0.1) is 5.82 Å². The van der Waals surface area contributed by atoms with E-state index in [-0.39, 0.29) is 18.2 Å². The van der Waals surface area contributed by atoms with Gasteiger partial charge in [-0.15, -0.1) is 0 Å². The van der Waals surface area contributed by atoms with E-state index in [0.717, 1.165) is 0 Å². The molecule has 0 saturated carbocycles. The normalized spacial score (nSPS) is 17.0. The summed E-state index contributed by atoms with van der Waals surface area (Å²) >= 11 is 3.33. The van der Waals surface area contributed by atoms with Crippen LogP contribution in [-0.4, -0.2) is 31.5 Å². The first-order valence-corrected chi connectivity index (χ1v) is 9.06. The summed E-state index contributed by atoms with van der Waals surface area (Å²) in [4.78, 5) is 7.89. The monoisotopic (exact) mass is 401 g/mol. The number of nitrogens with one attached hydrogen (secondary N) is 3. The van der Waals surface area contributed by atoms with Gasteiger partial charge in [-0.3, -0.25) is 0 Å². The summed E-state index contributed by atoms with van der Waals surface area (Å²) in [6.45, 7) is 0.680. The van der Waals surface area contributed by atoms with Gasteiger partial charge in [0.15, 0.2) is 5.82 Å². The summed E-state index contributed by atoms with van der Waals surface area (Å²) < 4.78 is 41.9. The molecule has 0 spiro atoms. The maximum absolute atomic E-state index is 14.5. The zero-order valence-electron chi connectivity index (χ0n) is 11.8. The third-order valence-corrected chi connectivity index (χ3v) is 5.24. The largest absolute Gasteiger partial charge is 0.369 e. The maximum Gasteiger partial charge on any atom is 0.243 e. The van der Waals surface area contributed by atoms with E-state index < -0.39 is 20.7 Å². The van der Waals surface area contributed by atoms with Gasteiger partial charge < -0.3 is 10.6 Å². The van der Waals surface area contributed by atoms with Gasteiger partial charge in [0.1, 0.15) is 10.7 Å². The van der Waals surface area contributed by atoms with Gasteiger partial charge in [0.05, 0.1) is 10.2 Å². The number of hydrogen-bond donors (Lipinski definition) is 3. The van der Waals surface area contributed by atoms with Crippen LogP contribution in [0.4, 0.5) is 21.8 Å². The van der Waals surface area contributed by atoms with Crippen molar-refractivity contribution >= 4 is 43.4 Å². The van der Waals surface area contributed by atoms with Crippen molar-refractivity contribution in [2.75, 3.05) is 23.7 Å². The highest BCUT2D eigenvalue weighted by molar-refractivity contribution is 9.10. The molecule has 0 unspecified atom stereocenters. The summed E-state index contributed by atoms with van der Waals surface area (Å²) in [5.41, 5.74) is -0.0135. The summed E-state index contributed by atoms with van der Waals surface area (Å²) in [7, 11) is -3.92. The maximum atomic E-state index is 14.5. The number of anilines is 3. The quantitative estimate of drug-likeness (QED) is 0.626. The second-order valence-electron chi connectivity index (χ2n) is 4.81. The van der Waals surface area contributed by atoms with Gasteiger partial charge in [-0.25, -0.2) is 22.5 Å². The van der Waals surface area contributed by atoms with Crippen molar-refractivity contribution in [2.45, 2.75) is 11.3 Å². The molecule has 0 radical (unpaired) electrons. The molecule has 0 aliphatic carbocycles. The predicted octanol–water partition coefficient (Wildman–Crippen LogP) is 2.22. The molecular weight excluding hydrogens is 389 g/mol. The van der Waals surface area contributed by atoms with Crippen LogP contribution in [0.5, 0.6) is 0 Å². The molecule has 0 saturated heterocycles. The third-order valence-electron chi connectivity index (χ3n) is 3.18. The molecule has 2 heterocycles. The van der Waals surface area contributed by atoms with Crippen molar-refractivity contribution in [1.29, 1.82) is 0 Å². The van der Waals surface area contributed by atoms with Gasteiger partial charge in [0.2, 0.25) is 16.0 Å². The molecule has 0 amide bonds.